The maximum absolute atomic E-state index is 10.6. The van der Waals surface area contributed by atoms with Crippen molar-refractivity contribution in [1.29, 1.82) is 0 Å². The van der Waals surface area contributed by atoms with Crippen LogP contribution >= 0.6 is 0 Å². The Balaban J connectivity index is 3.61. The summed E-state index contributed by atoms with van der Waals surface area (Å²) < 4.78 is 4.27. The Hall–Kier alpha value is -1.40. The number of carboxylic acids is 1. The zero-order valence-corrected chi connectivity index (χ0v) is 6.71. The summed E-state index contributed by atoms with van der Waals surface area (Å²) in [6.07, 6.45) is 0.0265. The minimum Gasteiger partial charge on any atom is -0.481 e. The average Bonchev–Trinajstić information content (AvgIpc) is 2.00. The minimum atomic E-state index is -1.71. The Bertz CT molecular complexity index is 207. The van der Waals surface area contributed by atoms with E-state index in [0.29, 0.717) is 0 Å². The number of carboxylic acid groups (broad SMARTS) is 1. The highest BCUT2D eigenvalue weighted by Gasteiger charge is 2.01. The van der Waals surface area contributed by atoms with E-state index in [1.54, 1.807) is 0 Å². The summed E-state index contributed by atoms with van der Waals surface area (Å²) in [7, 11) is 0. The highest BCUT2D eigenvalue weighted by Crippen LogP contribution is 1.87. The number of carbonyl (C=O) groups excluding carboxylic acids is 1. The van der Waals surface area contributed by atoms with Crippen molar-refractivity contribution in [3.05, 3.63) is 12.2 Å². The highest BCUT2D eigenvalue weighted by atomic mass is 16.6. The molecule has 0 aliphatic carbocycles. The largest absolute Gasteiger partial charge is 0.481 e. The first-order valence-corrected chi connectivity index (χ1v) is 3.43. The van der Waals surface area contributed by atoms with Crippen LogP contribution in [0.2, 0.25) is 0 Å². The van der Waals surface area contributed by atoms with Gasteiger partial charge in [-0.3, -0.25) is 4.79 Å². The van der Waals surface area contributed by atoms with Gasteiger partial charge in [0.25, 0.3) is 0 Å². The van der Waals surface area contributed by atoms with E-state index < -0.39 is 24.8 Å². The van der Waals surface area contributed by atoms with Crippen molar-refractivity contribution in [2.24, 2.45) is 0 Å². The molecule has 0 fully saturated rings. The van der Waals surface area contributed by atoms with E-state index in [2.05, 4.69) is 4.74 Å². The fourth-order valence-corrected chi connectivity index (χ4v) is 0.461. The number of ether oxygens (including phenoxy) is 1. The molecule has 0 aromatic carbocycles. The van der Waals surface area contributed by atoms with Crippen LogP contribution in [0.25, 0.3) is 0 Å². The molecule has 0 aromatic heterocycles. The van der Waals surface area contributed by atoms with Crippen molar-refractivity contribution >= 4 is 11.9 Å². The molecular formula is C7H10O6. The molecule has 0 atom stereocenters. The van der Waals surface area contributed by atoms with Gasteiger partial charge >= 0.3 is 11.9 Å². The molecule has 0 heterocycles. The van der Waals surface area contributed by atoms with Crippen LogP contribution in [0.3, 0.4) is 0 Å². The van der Waals surface area contributed by atoms with Crippen LogP contribution in [0, 0.1) is 0 Å². The molecule has 0 unspecified atom stereocenters. The number of carbonyl (C=O) groups is 2. The van der Waals surface area contributed by atoms with Gasteiger partial charge < -0.3 is 20.1 Å². The van der Waals surface area contributed by atoms with Crippen LogP contribution in [0.4, 0.5) is 0 Å². The predicted octanol–water partition coefficient (Wildman–Crippen LogP) is -1.13. The zero-order valence-electron chi connectivity index (χ0n) is 6.71. The van der Waals surface area contributed by atoms with Gasteiger partial charge in [0.15, 0.2) is 6.29 Å². The summed E-state index contributed by atoms with van der Waals surface area (Å²) in [5.74, 6) is -1.87. The molecule has 0 aliphatic heterocycles. The first-order valence-electron chi connectivity index (χ1n) is 3.43. The Morgan fingerprint density at radius 3 is 2.46 bits per heavy atom. The molecule has 0 aromatic rings. The second-order valence-electron chi connectivity index (χ2n) is 2.11. The Morgan fingerprint density at radius 1 is 1.38 bits per heavy atom. The van der Waals surface area contributed by atoms with Gasteiger partial charge in [-0.15, -0.1) is 0 Å². The van der Waals surface area contributed by atoms with Crippen molar-refractivity contribution in [3.8, 4) is 0 Å². The summed E-state index contributed by atoms with van der Waals surface area (Å²) in [6.45, 7) is -0.532. The lowest BCUT2D eigenvalue weighted by atomic mass is 10.4. The van der Waals surface area contributed by atoms with Crippen LogP contribution in [0.1, 0.15) is 6.42 Å². The third-order valence-corrected chi connectivity index (χ3v) is 0.921. The highest BCUT2D eigenvalue weighted by molar-refractivity contribution is 5.82. The lowest BCUT2D eigenvalue weighted by Gasteiger charge is -2.02. The van der Waals surface area contributed by atoms with Gasteiger partial charge in [0.2, 0.25) is 0 Å². The molecule has 13 heavy (non-hydrogen) atoms. The molecule has 0 rings (SSSR count). The maximum atomic E-state index is 10.6. The molecule has 0 aliphatic rings. The van der Waals surface area contributed by atoms with Crippen LogP contribution in [-0.2, 0) is 14.3 Å². The first kappa shape index (κ1) is 11.6. The van der Waals surface area contributed by atoms with E-state index in [-0.39, 0.29) is 6.42 Å². The molecule has 0 bridgehead atoms. The Morgan fingerprint density at radius 2 is 2.00 bits per heavy atom. The number of rotatable bonds is 5. The predicted molar refractivity (Wildman–Crippen MR) is 40.6 cm³/mol. The zero-order chi connectivity index (χ0) is 10.3. The molecular weight excluding hydrogens is 180 g/mol. The van der Waals surface area contributed by atoms with Gasteiger partial charge in [-0.25, -0.2) is 4.79 Å². The Kier molecular flexibility index (Phi) is 5.49. The fourth-order valence-electron chi connectivity index (χ4n) is 0.461. The molecule has 0 amide bonds. The standard InChI is InChI=1S/C7H10O6/c8-5(9)2-1-3-7(12)13-4-6(10)11/h1,3,6,10-11H,2,4H2,(H,8,9). The summed E-state index contributed by atoms with van der Waals surface area (Å²) >= 11 is 0. The lowest BCUT2D eigenvalue weighted by Crippen LogP contribution is -2.16. The third kappa shape index (κ3) is 8.51. The molecule has 0 radical (unpaired) electrons. The SMILES string of the molecule is O=C(O)CC=CC(=O)OCC(O)O. The molecule has 6 heteroatoms. The van der Waals surface area contributed by atoms with Crippen molar-refractivity contribution in [2.75, 3.05) is 6.61 Å². The van der Waals surface area contributed by atoms with E-state index in [1.165, 1.54) is 0 Å². The van der Waals surface area contributed by atoms with Gasteiger partial charge in [0.05, 0.1) is 6.42 Å². The molecule has 3 N–H and O–H groups in total. The monoisotopic (exact) mass is 190 g/mol. The second kappa shape index (κ2) is 6.15. The van der Waals surface area contributed by atoms with Gasteiger partial charge in [-0.05, 0) is 0 Å². The van der Waals surface area contributed by atoms with Crippen LogP contribution in [-0.4, -0.2) is 40.2 Å². The number of aliphatic carboxylic acids is 1. The van der Waals surface area contributed by atoms with Gasteiger partial charge in [0.1, 0.15) is 6.61 Å². The second-order valence-corrected chi connectivity index (χ2v) is 2.11. The van der Waals surface area contributed by atoms with Crippen LogP contribution in [0.5, 0.6) is 0 Å². The minimum absolute atomic E-state index is 0.281. The fraction of sp³-hybridized carbons (Fsp3) is 0.429. The van der Waals surface area contributed by atoms with E-state index in [0.717, 1.165) is 12.2 Å². The van der Waals surface area contributed by atoms with Crippen LogP contribution in [0.15, 0.2) is 12.2 Å². The third-order valence-electron chi connectivity index (χ3n) is 0.921. The number of hydrogen-bond acceptors (Lipinski definition) is 5. The lowest BCUT2D eigenvalue weighted by molar-refractivity contribution is -0.150. The van der Waals surface area contributed by atoms with Crippen molar-refractivity contribution in [1.82, 2.24) is 0 Å². The number of hydrogen-bond donors (Lipinski definition) is 3. The molecule has 0 saturated carbocycles. The van der Waals surface area contributed by atoms with Gasteiger partial charge in [-0.1, -0.05) is 6.08 Å². The summed E-state index contributed by atoms with van der Waals surface area (Å²) in [4.78, 5) is 20.6. The molecule has 6 nitrogen and oxygen atoms in total. The van der Waals surface area contributed by atoms with E-state index >= 15 is 0 Å². The number of aliphatic hydroxyl groups is 2. The van der Waals surface area contributed by atoms with Crippen molar-refractivity contribution < 1.29 is 29.6 Å². The topological polar surface area (TPSA) is 104 Å². The van der Waals surface area contributed by atoms with E-state index in [4.69, 9.17) is 15.3 Å². The molecule has 74 valence electrons. The average molecular weight is 190 g/mol. The van der Waals surface area contributed by atoms with Crippen LogP contribution < -0.4 is 0 Å². The molecule has 0 saturated heterocycles. The smallest absolute Gasteiger partial charge is 0.330 e. The number of esters is 1. The summed E-state index contributed by atoms with van der Waals surface area (Å²) in [5.41, 5.74) is 0. The Labute approximate surface area is 74.1 Å². The van der Waals surface area contributed by atoms with E-state index in [1.807, 2.05) is 0 Å². The summed E-state index contributed by atoms with van der Waals surface area (Å²) in [6, 6.07) is 0. The number of aliphatic hydroxyl groups excluding tert-OH is 1. The van der Waals surface area contributed by atoms with Crippen molar-refractivity contribution in [3.63, 3.8) is 0 Å². The first-order chi connectivity index (χ1) is 6.02. The normalized spacial score (nSPS) is 10.7. The van der Waals surface area contributed by atoms with Gasteiger partial charge in [0, 0.05) is 6.08 Å². The van der Waals surface area contributed by atoms with Gasteiger partial charge in [-0.2, -0.15) is 0 Å². The summed E-state index contributed by atoms with van der Waals surface area (Å²) in [5, 5.41) is 24.7. The van der Waals surface area contributed by atoms with E-state index in [9.17, 15) is 9.59 Å². The quantitative estimate of drug-likeness (QED) is 0.288. The maximum Gasteiger partial charge on any atom is 0.330 e. The van der Waals surface area contributed by atoms with Crippen molar-refractivity contribution in [2.45, 2.75) is 12.7 Å². The molecule has 0 spiro atoms.